The molecule has 180 valence electrons. The molecule has 1 rings (SSSR count). The third kappa shape index (κ3) is 14.5. The van der Waals surface area contributed by atoms with Gasteiger partial charge in [0.1, 0.15) is 27.6 Å². The summed E-state index contributed by atoms with van der Waals surface area (Å²) in [6, 6.07) is 3.27. The van der Waals surface area contributed by atoms with E-state index >= 15 is 0 Å². The van der Waals surface area contributed by atoms with Crippen LogP contribution in [-0.2, 0) is 9.57 Å². The maximum absolute atomic E-state index is 6.25. The normalized spacial score (nSPS) is 11.0. The molecule has 0 aromatic heterocycles. The Kier molecular flexibility index (Phi) is 16.3. The SMILES string of the molecule is CC(=COCCCCCCOc1c(Cl)cc(OCC=C(Cl)Cl)cc1Cl)NOCC=C(Cl)Cl. The van der Waals surface area contributed by atoms with Crippen molar-refractivity contribution in [3.05, 3.63) is 55.3 Å². The highest BCUT2D eigenvalue weighted by atomic mass is 35.5. The molecule has 0 saturated heterocycles. The molecule has 0 saturated carbocycles. The summed E-state index contributed by atoms with van der Waals surface area (Å²) in [5.41, 5.74) is 3.45. The van der Waals surface area contributed by atoms with Crippen molar-refractivity contribution in [2.24, 2.45) is 0 Å². The summed E-state index contributed by atoms with van der Waals surface area (Å²) < 4.78 is 16.9. The van der Waals surface area contributed by atoms with E-state index in [1.54, 1.807) is 18.4 Å². The standard InChI is InChI=1S/C21H25Cl6NO4/c1-15(28-32-11-7-20(26)27)14-29-8-4-2-3-5-9-31-21-17(22)12-16(13-18(21)23)30-10-6-19(24)25/h6-7,12-14,28H,2-5,8-11H2,1H3. The van der Waals surface area contributed by atoms with Crippen LogP contribution in [0.25, 0.3) is 0 Å². The van der Waals surface area contributed by atoms with Crippen LogP contribution < -0.4 is 15.0 Å². The molecule has 0 atom stereocenters. The Morgan fingerprint density at radius 3 is 2.06 bits per heavy atom. The molecule has 1 N–H and O–H groups in total. The van der Waals surface area contributed by atoms with Gasteiger partial charge in [-0.2, -0.15) is 0 Å². The van der Waals surface area contributed by atoms with Gasteiger partial charge in [-0.1, -0.05) is 69.6 Å². The Morgan fingerprint density at radius 1 is 0.844 bits per heavy atom. The summed E-state index contributed by atoms with van der Waals surface area (Å²) in [5, 5.41) is 0.756. The maximum atomic E-state index is 6.25. The predicted molar refractivity (Wildman–Crippen MR) is 134 cm³/mol. The van der Waals surface area contributed by atoms with Crippen LogP contribution >= 0.6 is 69.6 Å². The van der Waals surface area contributed by atoms with Crippen molar-refractivity contribution in [3.63, 3.8) is 0 Å². The molecule has 11 heteroatoms. The second-order valence-electron chi connectivity index (χ2n) is 6.36. The average molecular weight is 568 g/mol. The van der Waals surface area contributed by atoms with Crippen molar-refractivity contribution in [2.75, 3.05) is 26.4 Å². The average Bonchev–Trinajstić information content (AvgIpc) is 2.71. The zero-order chi connectivity index (χ0) is 23.8. The van der Waals surface area contributed by atoms with Gasteiger partial charge in [-0.15, -0.1) is 0 Å². The molecule has 0 bridgehead atoms. The molecule has 0 unspecified atom stereocenters. The predicted octanol–water partition coefficient (Wildman–Crippen LogP) is 8.35. The first-order valence-electron chi connectivity index (χ1n) is 9.72. The smallest absolute Gasteiger partial charge is 0.156 e. The van der Waals surface area contributed by atoms with E-state index < -0.39 is 0 Å². The second kappa shape index (κ2) is 17.8. The van der Waals surface area contributed by atoms with Gasteiger partial charge in [-0.05, 0) is 44.8 Å². The van der Waals surface area contributed by atoms with Crippen molar-refractivity contribution in [3.8, 4) is 11.5 Å². The molecule has 0 heterocycles. The van der Waals surface area contributed by atoms with Crippen LogP contribution in [0.5, 0.6) is 11.5 Å². The zero-order valence-corrected chi connectivity index (χ0v) is 22.0. The number of nitrogens with one attached hydrogen (secondary N) is 1. The van der Waals surface area contributed by atoms with E-state index in [1.807, 2.05) is 6.92 Å². The summed E-state index contributed by atoms with van der Waals surface area (Å²) in [6.07, 6.45) is 8.42. The van der Waals surface area contributed by atoms with Crippen LogP contribution in [0.4, 0.5) is 0 Å². The topological polar surface area (TPSA) is 49.0 Å². The van der Waals surface area contributed by atoms with E-state index in [-0.39, 0.29) is 22.2 Å². The van der Waals surface area contributed by atoms with Crippen LogP contribution in [-0.4, -0.2) is 26.4 Å². The summed E-state index contributed by atoms with van der Waals surface area (Å²) in [5.74, 6) is 0.940. The molecular weight excluding hydrogens is 543 g/mol. The molecule has 0 fully saturated rings. The van der Waals surface area contributed by atoms with Gasteiger partial charge in [0.05, 0.1) is 35.6 Å². The number of benzene rings is 1. The number of allylic oxidation sites excluding steroid dienone is 1. The van der Waals surface area contributed by atoms with Gasteiger partial charge in [-0.3, -0.25) is 10.3 Å². The summed E-state index contributed by atoms with van der Waals surface area (Å²) >= 11 is 34.5. The van der Waals surface area contributed by atoms with Gasteiger partial charge in [0, 0.05) is 12.1 Å². The first kappa shape index (κ1) is 29.4. The van der Waals surface area contributed by atoms with Crippen LogP contribution in [0, 0.1) is 0 Å². The number of hydrogen-bond donors (Lipinski definition) is 1. The fraction of sp³-hybridized carbons (Fsp3) is 0.429. The van der Waals surface area contributed by atoms with Crippen LogP contribution in [0.3, 0.4) is 0 Å². The van der Waals surface area contributed by atoms with E-state index in [9.17, 15) is 0 Å². The van der Waals surface area contributed by atoms with Gasteiger partial charge in [-0.25, -0.2) is 0 Å². The summed E-state index contributed by atoms with van der Waals surface area (Å²) in [4.78, 5) is 5.12. The molecule has 1 aromatic rings. The minimum atomic E-state index is 0.129. The zero-order valence-electron chi connectivity index (χ0n) is 17.4. The fourth-order valence-electron chi connectivity index (χ4n) is 2.24. The minimum absolute atomic E-state index is 0.129. The van der Waals surface area contributed by atoms with Crippen molar-refractivity contribution >= 4 is 69.6 Å². The lowest BCUT2D eigenvalue weighted by molar-refractivity contribution is 0.0819. The van der Waals surface area contributed by atoms with E-state index in [2.05, 4.69) is 5.48 Å². The number of hydroxylamine groups is 1. The lowest BCUT2D eigenvalue weighted by Crippen LogP contribution is -2.12. The molecule has 32 heavy (non-hydrogen) atoms. The largest absolute Gasteiger partial charge is 0.499 e. The number of ether oxygens (including phenoxy) is 3. The number of hydrogen-bond acceptors (Lipinski definition) is 5. The highest BCUT2D eigenvalue weighted by Crippen LogP contribution is 2.37. The fourth-order valence-corrected chi connectivity index (χ4v) is 3.07. The molecule has 1 aromatic carbocycles. The number of halogens is 6. The van der Waals surface area contributed by atoms with Gasteiger partial charge in [0.2, 0.25) is 0 Å². The lowest BCUT2D eigenvalue weighted by atomic mass is 10.2. The molecule has 5 nitrogen and oxygen atoms in total. The molecule has 0 amide bonds. The second-order valence-corrected chi connectivity index (χ2v) is 9.19. The van der Waals surface area contributed by atoms with Crippen LogP contribution in [0.15, 0.2) is 45.2 Å². The molecule has 0 aliphatic carbocycles. The van der Waals surface area contributed by atoms with Crippen molar-refractivity contribution in [2.45, 2.75) is 32.6 Å². The molecule has 0 aliphatic heterocycles. The minimum Gasteiger partial charge on any atom is -0.499 e. The lowest BCUT2D eigenvalue weighted by Gasteiger charge is -2.12. The molecule has 0 aliphatic rings. The Hall–Kier alpha value is -0.660. The van der Waals surface area contributed by atoms with Crippen LogP contribution in [0.1, 0.15) is 32.6 Å². The third-order valence-electron chi connectivity index (χ3n) is 3.68. The Balaban J connectivity index is 2.17. The first-order chi connectivity index (χ1) is 15.3. The summed E-state index contributed by atoms with van der Waals surface area (Å²) in [7, 11) is 0. The first-order valence-corrected chi connectivity index (χ1v) is 12.0. The number of rotatable bonds is 16. The van der Waals surface area contributed by atoms with E-state index in [0.717, 1.165) is 31.4 Å². The Morgan fingerprint density at radius 2 is 1.44 bits per heavy atom. The Bertz CT molecular complexity index is 755. The quantitative estimate of drug-likeness (QED) is 0.124. The van der Waals surface area contributed by atoms with Crippen molar-refractivity contribution < 1.29 is 19.0 Å². The highest BCUT2D eigenvalue weighted by molar-refractivity contribution is 6.56. The maximum Gasteiger partial charge on any atom is 0.156 e. The van der Waals surface area contributed by atoms with Gasteiger partial charge in [0.25, 0.3) is 0 Å². The molecular formula is C21H25Cl6NO4. The highest BCUT2D eigenvalue weighted by Gasteiger charge is 2.10. The van der Waals surface area contributed by atoms with Gasteiger partial charge >= 0.3 is 0 Å². The molecule has 0 radical (unpaired) electrons. The van der Waals surface area contributed by atoms with Gasteiger partial charge in [0.15, 0.2) is 5.75 Å². The van der Waals surface area contributed by atoms with Crippen LogP contribution in [0.2, 0.25) is 10.0 Å². The Labute approximate surface area is 219 Å². The summed E-state index contributed by atoms with van der Waals surface area (Å²) in [6.45, 7) is 3.40. The number of unbranched alkanes of at least 4 members (excludes halogenated alkanes) is 3. The molecule has 0 spiro atoms. The monoisotopic (exact) mass is 565 g/mol. The van der Waals surface area contributed by atoms with Crippen molar-refractivity contribution in [1.82, 2.24) is 5.48 Å². The van der Waals surface area contributed by atoms with E-state index in [0.29, 0.717) is 34.8 Å². The third-order valence-corrected chi connectivity index (χ3v) is 4.86. The van der Waals surface area contributed by atoms with Gasteiger partial charge < -0.3 is 14.2 Å². The van der Waals surface area contributed by atoms with E-state index in [1.165, 1.54) is 12.2 Å². The van der Waals surface area contributed by atoms with Crippen molar-refractivity contribution in [1.29, 1.82) is 0 Å². The van der Waals surface area contributed by atoms with E-state index in [4.69, 9.17) is 88.7 Å².